The molecule has 0 spiro atoms. The molecule has 2 nitrogen and oxygen atoms in total. The Bertz CT molecular complexity index is 444. The summed E-state index contributed by atoms with van der Waals surface area (Å²) >= 11 is 1.66. The SMILES string of the molecule is CC1SCCN1C(=O)c1ccc(C(F)(F)F)cc1. The van der Waals surface area contributed by atoms with Crippen molar-refractivity contribution in [3.63, 3.8) is 0 Å². The molecule has 1 aliphatic rings. The minimum atomic E-state index is -4.36. The Kier molecular flexibility index (Phi) is 3.56. The molecule has 1 aromatic carbocycles. The highest BCUT2D eigenvalue weighted by atomic mass is 32.2. The zero-order valence-electron chi connectivity index (χ0n) is 9.70. The van der Waals surface area contributed by atoms with Gasteiger partial charge in [-0.25, -0.2) is 0 Å². The normalized spacial score (nSPS) is 20.2. The van der Waals surface area contributed by atoms with Crippen LogP contribution >= 0.6 is 11.8 Å². The summed E-state index contributed by atoms with van der Waals surface area (Å²) in [5, 5.41) is 0.0831. The Labute approximate surface area is 107 Å². The number of hydrogen-bond donors (Lipinski definition) is 0. The number of carbonyl (C=O) groups excluding carboxylic acids is 1. The maximum Gasteiger partial charge on any atom is 0.416 e. The van der Waals surface area contributed by atoms with Crippen molar-refractivity contribution in [1.82, 2.24) is 4.90 Å². The standard InChI is InChI=1S/C12H12F3NOS/c1-8-16(6-7-18-8)11(17)9-2-4-10(5-3-9)12(13,14)15/h2-5,8H,6-7H2,1H3. The molecule has 6 heteroatoms. The van der Waals surface area contributed by atoms with E-state index >= 15 is 0 Å². The van der Waals surface area contributed by atoms with Crippen LogP contribution in [0.1, 0.15) is 22.8 Å². The minimum Gasteiger partial charge on any atom is -0.326 e. The zero-order valence-corrected chi connectivity index (χ0v) is 10.5. The lowest BCUT2D eigenvalue weighted by atomic mass is 10.1. The highest BCUT2D eigenvalue weighted by Gasteiger charge is 2.31. The Hall–Kier alpha value is -1.17. The molecule has 1 fully saturated rings. The van der Waals surface area contributed by atoms with E-state index in [1.165, 1.54) is 12.1 Å². The fraction of sp³-hybridized carbons (Fsp3) is 0.417. The van der Waals surface area contributed by atoms with E-state index in [1.54, 1.807) is 16.7 Å². The molecular formula is C12H12F3NOS. The quantitative estimate of drug-likeness (QED) is 0.784. The van der Waals surface area contributed by atoms with Gasteiger partial charge in [0, 0.05) is 17.9 Å². The molecule has 0 saturated carbocycles. The number of carbonyl (C=O) groups is 1. The molecule has 0 radical (unpaired) electrons. The third-order valence-electron chi connectivity index (χ3n) is 2.85. The number of alkyl halides is 3. The van der Waals surface area contributed by atoms with Gasteiger partial charge in [-0.1, -0.05) is 0 Å². The number of hydrogen-bond acceptors (Lipinski definition) is 2. The van der Waals surface area contributed by atoms with Crippen molar-refractivity contribution in [1.29, 1.82) is 0 Å². The first kappa shape index (κ1) is 13.3. The van der Waals surface area contributed by atoms with Crippen molar-refractivity contribution in [2.75, 3.05) is 12.3 Å². The number of amides is 1. The summed E-state index contributed by atoms with van der Waals surface area (Å²) in [6, 6.07) is 4.37. The van der Waals surface area contributed by atoms with Gasteiger partial charge in [-0.05, 0) is 31.2 Å². The Morgan fingerprint density at radius 2 is 1.94 bits per heavy atom. The van der Waals surface area contributed by atoms with Crippen molar-refractivity contribution in [3.8, 4) is 0 Å². The Balaban J connectivity index is 2.17. The van der Waals surface area contributed by atoms with E-state index in [2.05, 4.69) is 0 Å². The number of halogens is 3. The summed E-state index contributed by atoms with van der Waals surface area (Å²) in [6.45, 7) is 2.56. The van der Waals surface area contributed by atoms with Crippen LogP contribution < -0.4 is 0 Å². The van der Waals surface area contributed by atoms with E-state index in [-0.39, 0.29) is 11.3 Å². The summed E-state index contributed by atoms with van der Waals surface area (Å²) in [5.74, 6) is 0.661. The minimum absolute atomic E-state index is 0.0831. The molecule has 18 heavy (non-hydrogen) atoms. The van der Waals surface area contributed by atoms with Crippen LogP contribution in [-0.4, -0.2) is 28.5 Å². The predicted molar refractivity (Wildman–Crippen MR) is 64.4 cm³/mol. The fourth-order valence-corrected chi connectivity index (χ4v) is 2.85. The van der Waals surface area contributed by atoms with Crippen LogP contribution in [0.2, 0.25) is 0 Å². The molecule has 1 aromatic rings. The van der Waals surface area contributed by atoms with Crippen molar-refractivity contribution < 1.29 is 18.0 Å². The highest BCUT2D eigenvalue weighted by Crippen LogP contribution is 2.30. The maximum atomic E-state index is 12.4. The summed E-state index contributed by atoms with van der Waals surface area (Å²) in [5.41, 5.74) is -0.430. The van der Waals surface area contributed by atoms with Gasteiger partial charge in [0.05, 0.1) is 10.9 Å². The number of nitrogens with zero attached hydrogens (tertiary/aromatic N) is 1. The van der Waals surface area contributed by atoms with Gasteiger partial charge in [-0.3, -0.25) is 4.79 Å². The van der Waals surface area contributed by atoms with E-state index in [9.17, 15) is 18.0 Å². The number of thioether (sulfide) groups is 1. The smallest absolute Gasteiger partial charge is 0.326 e. The van der Waals surface area contributed by atoms with E-state index in [0.29, 0.717) is 12.1 Å². The molecular weight excluding hydrogens is 263 g/mol. The largest absolute Gasteiger partial charge is 0.416 e. The van der Waals surface area contributed by atoms with Gasteiger partial charge in [-0.15, -0.1) is 11.8 Å². The van der Waals surface area contributed by atoms with Crippen molar-refractivity contribution in [2.24, 2.45) is 0 Å². The Morgan fingerprint density at radius 1 is 1.33 bits per heavy atom. The average Bonchev–Trinajstić information content (AvgIpc) is 2.73. The lowest BCUT2D eigenvalue weighted by molar-refractivity contribution is -0.137. The van der Waals surface area contributed by atoms with Crippen LogP contribution in [0.4, 0.5) is 13.2 Å². The molecule has 0 bridgehead atoms. The van der Waals surface area contributed by atoms with Crippen molar-refractivity contribution in [2.45, 2.75) is 18.5 Å². The molecule has 98 valence electrons. The predicted octanol–water partition coefficient (Wildman–Crippen LogP) is 3.24. The molecule has 1 unspecified atom stereocenters. The van der Waals surface area contributed by atoms with E-state index in [1.807, 2.05) is 6.92 Å². The zero-order chi connectivity index (χ0) is 13.3. The van der Waals surface area contributed by atoms with Crippen LogP contribution in [0.5, 0.6) is 0 Å². The summed E-state index contributed by atoms with van der Waals surface area (Å²) < 4.78 is 37.2. The van der Waals surface area contributed by atoms with Gasteiger partial charge < -0.3 is 4.90 Å². The van der Waals surface area contributed by atoms with E-state index in [0.717, 1.165) is 17.9 Å². The molecule has 0 aliphatic carbocycles. The monoisotopic (exact) mass is 275 g/mol. The van der Waals surface area contributed by atoms with Crippen LogP contribution in [0.15, 0.2) is 24.3 Å². The second-order valence-corrected chi connectivity index (χ2v) is 5.47. The molecule has 1 amide bonds. The first-order chi connectivity index (χ1) is 8.39. The van der Waals surface area contributed by atoms with Crippen LogP contribution in [0.25, 0.3) is 0 Å². The lowest BCUT2D eigenvalue weighted by Gasteiger charge is -2.20. The molecule has 0 N–H and O–H groups in total. The first-order valence-corrected chi connectivity index (χ1v) is 6.54. The van der Waals surface area contributed by atoms with E-state index in [4.69, 9.17) is 0 Å². The van der Waals surface area contributed by atoms with Crippen LogP contribution in [0, 0.1) is 0 Å². The van der Waals surface area contributed by atoms with Gasteiger partial charge in [0.25, 0.3) is 5.91 Å². The van der Waals surface area contributed by atoms with Gasteiger partial charge in [-0.2, -0.15) is 13.2 Å². The van der Waals surface area contributed by atoms with Crippen molar-refractivity contribution >= 4 is 17.7 Å². The molecule has 1 saturated heterocycles. The van der Waals surface area contributed by atoms with E-state index < -0.39 is 11.7 Å². The molecule has 0 aromatic heterocycles. The number of rotatable bonds is 1. The third kappa shape index (κ3) is 2.63. The second-order valence-electron chi connectivity index (χ2n) is 4.04. The topological polar surface area (TPSA) is 20.3 Å². The second kappa shape index (κ2) is 4.84. The molecule has 1 aliphatic heterocycles. The average molecular weight is 275 g/mol. The summed E-state index contributed by atoms with van der Waals surface area (Å²) in [6.07, 6.45) is -4.36. The fourth-order valence-electron chi connectivity index (χ4n) is 1.83. The van der Waals surface area contributed by atoms with Gasteiger partial charge in [0.1, 0.15) is 0 Å². The Morgan fingerprint density at radius 3 is 2.39 bits per heavy atom. The lowest BCUT2D eigenvalue weighted by Crippen LogP contribution is -2.33. The van der Waals surface area contributed by atoms with Gasteiger partial charge >= 0.3 is 6.18 Å². The van der Waals surface area contributed by atoms with Crippen LogP contribution in [-0.2, 0) is 6.18 Å². The summed E-state index contributed by atoms with van der Waals surface area (Å²) in [4.78, 5) is 13.7. The van der Waals surface area contributed by atoms with Crippen molar-refractivity contribution in [3.05, 3.63) is 35.4 Å². The molecule has 1 heterocycles. The van der Waals surface area contributed by atoms with Gasteiger partial charge in [0.2, 0.25) is 0 Å². The number of benzene rings is 1. The third-order valence-corrected chi connectivity index (χ3v) is 4.01. The summed E-state index contributed by atoms with van der Waals surface area (Å²) in [7, 11) is 0. The molecule has 2 rings (SSSR count). The first-order valence-electron chi connectivity index (χ1n) is 5.49. The highest BCUT2D eigenvalue weighted by molar-refractivity contribution is 8.00. The maximum absolute atomic E-state index is 12.4. The van der Waals surface area contributed by atoms with Gasteiger partial charge in [0.15, 0.2) is 0 Å². The van der Waals surface area contributed by atoms with Crippen LogP contribution in [0.3, 0.4) is 0 Å². The molecule has 1 atom stereocenters.